The lowest BCUT2D eigenvalue weighted by Crippen LogP contribution is -1.94. The minimum atomic E-state index is 0.902. The summed E-state index contributed by atoms with van der Waals surface area (Å²) < 4.78 is 10.9. The van der Waals surface area contributed by atoms with Crippen LogP contribution in [-0.2, 0) is 0 Å². The average Bonchev–Trinajstić information content (AvgIpc) is 3.87. The van der Waals surface area contributed by atoms with Gasteiger partial charge in [-0.1, -0.05) is 110 Å². The van der Waals surface area contributed by atoms with Crippen molar-refractivity contribution in [2.75, 3.05) is 0 Å². The van der Waals surface area contributed by atoms with E-state index in [9.17, 15) is 0 Å². The van der Waals surface area contributed by atoms with Crippen LogP contribution in [0.1, 0.15) is 5.56 Å². The summed E-state index contributed by atoms with van der Waals surface area (Å²) in [7, 11) is 0. The molecule has 0 unspecified atom stereocenters. The van der Waals surface area contributed by atoms with Crippen molar-refractivity contribution in [3.8, 4) is 33.6 Å². The summed E-state index contributed by atoms with van der Waals surface area (Å²) in [6.45, 7) is 4.08. The van der Waals surface area contributed by atoms with Gasteiger partial charge in [0.2, 0.25) is 0 Å². The second-order valence-corrected chi connectivity index (χ2v) is 13.8. The third-order valence-corrected chi connectivity index (χ3v) is 10.9. The fourth-order valence-electron chi connectivity index (χ4n) is 8.34. The number of hydrogen-bond acceptors (Lipinski definition) is 1. The zero-order valence-electron chi connectivity index (χ0n) is 28.8. The molecule has 0 saturated heterocycles. The van der Waals surface area contributed by atoms with Crippen molar-refractivity contribution in [1.29, 1.82) is 0 Å². The topological polar surface area (TPSA) is 23.0 Å². The molecule has 3 aromatic heterocycles. The van der Waals surface area contributed by atoms with Crippen molar-refractivity contribution in [2.24, 2.45) is 0 Å². The van der Waals surface area contributed by atoms with Gasteiger partial charge in [-0.3, -0.25) is 0 Å². The Labute approximate surface area is 305 Å². The fraction of sp³-hybridized carbons (Fsp3) is 0. The molecular formula is C50H32N2O. The van der Waals surface area contributed by atoms with E-state index < -0.39 is 0 Å². The van der Waals surface area contributed by atoms with E-state index in [1.165, 1.54) is 65.9 Å². The van der Waals surface area contributed by atoms with E-state index >= 15 is 0 Å². The number of para-hydroxylation sites is 2. The van der Waals surface area contributed by atoms with Gasteiger partial charge in [0.25, 0.3) is 0 Å². The molecule has 0 atom stereocenters. The number of fused-ring (bicyclic) bond motifs is 9. The molecule has 0 amide bonds. The molecule has 3 nitrogen and oxygen atoms in total. The van der Waals surface area contributed by atoms with Gasteiger partial charge in [-0.05, 0) is 107 Å². The summed E-state index contributed by atoms with van der Waals surface area (Å²) in [4.78, 5) is 0. The standard InChI is InChI=1S/C50H32N2O/c1-2-32-16-24-46-41(28-32)43-30-36(20-26-48(43)51(46)37-21-17-34(18-22-37)33-10-4-3-5-11-33)35-19-25-47-42(29-35)39-12-6-8-14-45(39)52(47)38-23-27-50-44(31-38)40-13-7-9-15-49(40)53-50/h2-31H,1H2. The predicted octanol–water partition coefficient (Wildman–Crippen LogP) is 13.8. The molecule has 53 heavy (non-hydrogen) atoms. The van der Waals surface area contributed by atoms with E-state index in [0.29, 0.717) is 0 Å². The normalized spacial score (nSPS) is 11.8. The molecule has 0 N–H and O–H groups in total. The lowest BCUT2D eigenvalue weighted by atomic mass is 10.00. The summed E-state index contributed by atoms with van der Waals surface area (Å²) in [5.74, 6) is 0. The van der Waals surface area contributed by atoms with Gasteiger partial charge in [-0.2, -0.15) is 0 Å². The number of aromatic nitrogens is 2. The molecule has 3 heteroatoms. The Morgan fingerprint density at radius 1 is 0.358 bits per heavy atom. The zero-order chi connectivity index (χ0) is 35.0. The Morgan fingerprint density at radius 2 is 0.887 bits per heavy atom. The molecule has 0 bridgehead atoms. The third-order valence-electron chi connectivity index (χ3n) is 10.9. The Bertz CT molecular complexity index is 3230. The lowest BCUT2D eigenvalue weighted by Gasteiger charge is -2.10. The van der Waals surface area contributed by atoms with Gasteiger partial charge in [-0.15, -0.1) is 0 Å². The molecule has 0 spiro atoms. The quantitative estimate of drug-likeness (QED) is 0.178. The molecule has 0 fully saturated rings. The number of benzene rings is 8. The molecule has 0 aliphatic heterocycles. The number of nitrogens with zero attached hydrogens (tertiary/aromatic N) is 2. The van der Waals surface area contributed by atoms with Crippen molar-refractivity contribution < 1.29 is 4.42 Å². The maximum atomic E-state index is 6.17. The maximum absolute atomic E-state index is 6.17. The van der Waals surface area contributed by atoms with Crippen LogP contribution in [-0.4, -0.2) is 9.13 Å². The predicted molar refractivity (Wildman–Crippen MR) is 223 cm³/mol. The van der Waals surface area contributed by atoms with Crippen LogP contribution in [0.2, 0.25) is 0 Å². The van der Waals surface area contributed by atoms with Crippen LogP contribution in [0.4, 0.5) is 0 Å². The van der Waals surface area contributed by atoms with Crippen LogP contribution >= 0.6 is 0 Å². The van der Waals surface area contributed by atoms with Gasteiger partial charge < -0.3 is 13.6 Å². The van der Waals surface area contributed by atoms with E-state index in [1.807, 2.05) is 18.2 Å². The van der Waals surface area contributed by atoms with Crippen molar-refractivity contribution >= 4 is 71.6 Å². The Kier molecular flexibility index (Phi) is 6.40. The first-order valence-corrected chi connectivity index (χ1v) is 18.0. The first-order valence-electron chi connectivity index (χ1n) is 18.0. The monoisotopic (exact) mass is 676 g/mol. The van der Waals surface area contributed by atoms with E-state index in [1.54, 1.807) is 0 Å². The van der Waals surface area contributed by atoms with E-state index in [2.05, 4.69) is 180 Å². The number of rotatable bonds is 5. The largest absolute Gasteiger partial charge is 0.456 e. The van der Waals surface area contributed by atoms with Crippen LogP contribution in [0.5, 0.6) is 0 Å². The van der Waals surface area contributed by atoms with Gasteiger partial charge in [0.05, 0.1) is 22.1 Å². The van der Waals surface area contributed by atoms with Gasteiger partial charge in [0.15, 0.2) is 0 Å². The minimum Gasteiger partial charge on any atom is -0.456 e. The second kappa shape index (κ2) is 11.5. The van der Waals surface area contributed by atoms with Crippen molar-refractivity contribution in [3.05, 3.63) is 188 Å². The Morgan fingerprint density at radius 3 is 1.64 bits per heavy atom. The maximum Gasteiger partial charge on any atom is 0.135 e. The Hall–Kier alpha value is -7.10. The summed E-state index contributed by atoms with van der Waals surface area (Å²) >= 11 is 0. The van der Waals surface area contributed by atoms with Gasteiger partial charge in [-0.25, -0.2) is 0 Å². The molecule has 0 saturated carbocycles. The average molecular weight is 677 g/mol. The highest BCUT2D eigenvalue weighted by molar-refractivity contribution is 6.13. The van der Waals surface area contributed by atoms with Gasteiger partial charge in [0.1, 0.15) is 11.2 Å². The van der Waals surface area contributed by atoms with Crippen molar-refractivity contribution in [1.82, 2.24) is 9.13 Å². The minimum absolute atomic E-state index is 0.902. The summed E-state index contributed by atoms with van der Waals surface area (Å²) in [5.41, 5.74) is 14.7. The fourth-order valence-corrected chi connectivity index (χ4v) is 8.34. The molecule has 248 valence electrons. The number of hydrogen-bond donors (Lipinski definition) is 0. The van der Waals surface area contributed by atoms with Crippen LogP contribution in [0, 0.1) is 0 Å². The molecule has 0 aliphatic rings. The zero-order valence-corrected chi connectivity index (χ0v) is 28.8. The summed E-state index contributed by atoms with van der Waals surface area (Å²) in [5, 5.41) is 7.15. The smallest absolute Gasteiger partial charge is 0.135 e. The molecule has 11 aromatic rings. The summed E-state index contributed by atoms with van der Waals surface area (Å²) in [6.07, 6.45) is 1.93. The second-order valence-electron chi connectivity index (χ2n) is 13.8. The third kappa shape index (κ3) is 4.54. The van der Waals surface area contributed by atoms with Crippen LogP contribution in [0.15, 0.2) is 187 Å². The van der Waals surface area contributed by atoms with Crippen LogP contribution < -0.4 is 0 Å². The van der Waals surface area contributed by atoms with Crippen molar-refractivity contribution in [3.63, 3.8) is 0 Å². The van der Waals surface area contributed by atoms with E-state index in [4.69, 9.17) is 4.42 Å². The first-order chi connectivity index (χ1) is 26.2. The highest BCUT2D eigenvalue weighted by Crippen LogP contribution is 2.40. The highest BCUT2D eigenvalue weighted by atomic mass is 16.3. The first kappa shape index (κ1) is 29.6. The molecule has 11 rings (SSSR count). The lowest BCUT2D eigenvalue weighted by molar-refractivity contribution is 0.669. The molecule has 3 heterocycles. The SMILES string of the molecule is C=Cc1ccc2c(c1)c1cc(-c3ccc4c(c3)c3ccccc3n4-c3ccc4oc5ccccc5c4c3)ccc1n2-c1ccc(-c2ccccc2)cc1. The van der Waals surface area contributed by atoms with Crippen LogP contribution in [0.25, 0.3) is 105 Å². The van der Waals surface area contributed by atoms with E-state index in [-0.39, 0.29) is 0 Å². The van der Waals surface area contributed by atoms with Gasteiger partial charge in [0, 0.05) is 43.7 Å². The molecule has 0 radical (unpaired) electrons. The summed E-state index contributed by atoms with van der Waals surface area (Å²) in [6, 6.07) is 63.4. The molecule has 8 aromatic carbocycles. The van der Waals surface area contributed by atoms with E-state index in [0.717, 1.165) is 38.9 Å². The number of furan rings is 1. The Balaban J connectivity index is 1.07. The molecular weight excluding hydrogens is 645 g/mol. The van der Waals surface area contributed by atoms with Crippen molar-refractivity contribution in [2.45, 2.75) is 0 Å². The van der Waals surface area contributed by atoms with Crippen LogP contribution in [0.3, 0.4) is 0 Å². The van der Waals surface area contributed by atoms with Gasteiger partial charge >= 0.3 is 0 Å². The highest BCUT2D eigenvalue weighted by Gasteiger charge is 2.17. The molecule has 0 aliphatic carbocycles.